The van der Waals surface area contributed by atoms with E-state index in [1.165, 1.54) is 19.3 Å². The van der Waals surface area contributed by atoms with Gasteiger partial charge in [0.1, 0.15) is 5.82 Å². The summed E-state index contributed by atoms with van der Waals surface area (Å²) >= 11 is 6.13. The summed E-state index contributed by atoms with van der Waals surface area (Å²) in [5.74, 6) is 6.58. The number of nitrogens with one attached hydrogen (secondary N) is 1. The van der Waals surface area contributed by atoms with Crippen LogP contribution in [-0.2, 0) is 0 Å². The van der Waals surface area contributed by atoms with Gasteiger partial charge >= 0.3 is 0 Å². The highest BCUT2D eigenvalue weighted by Gasteiger charge is 2.16. The second kappa shape index (κ2) is 8.55. The van der Waals surface area contributed by atoms with Crippen LogP contribution >= 0.6 is 11.6 Å². The van der Waals surface area contributed by atoms with E-state index in [-0.39, 0.29) is 5.91 Å². The second-order valence-corrected chi connectivity index (χ2v) is 7.82. The van der Waals surface area contributed by atoms with Crippen molar-refractivity contribution < 1.29 is 4.79 Å². The molecule has 0 radical (unpaired) electrons. The molecule has 1 amide bonds. The number of carbonyl (C=O) groups excluding carboxylic acids is 1. The molecule has 2 aromatic carbocycles. The highest BCUT2D eigenvalue weighted by Crippen LogP contribution is 2.25. The van der Waals surface area contributed by atoms with Gasteiger partial charge in [-0.05, 0) is 49.2 Å². The van der Waals surface area contributed by atoms with Crippen LogP contribution in [0.5, 0.6) is 0 Å². The van der Waals surface area contributed by atoms with Crippen molar-refractivity contribution in [2.45, 2.75) is 38.1 Å². The lowest BCUT2D eigenvalue weighted by molar-refractivity contribution is 0.0927. The third-order valence-electron chi connectivity index (χ3n) is 5.30. The van der Waals surface area contributed by atoms with Gasteiger partial charge in [-0.15, -0.1) is 0 Å². The van der Waals surface area contributed by atoms with Crippen LogP contribution in [0.1, 0.15) is 53.6 Å². The van der Waals surface area contributed by atoms with Gasteiger partial charge in [0.05, 0.1) is 5.56 Å². The van der Waals surface area contributed by atoms with Crippen molar-refractivity contribution in [1.82, 2.24) is 10.3 Å². The van der Waals surface area contributed by atoms with E-state index >= 15 is 0 Å². The van der Waals surface area contributed by atoms with Gasteiger partial charge in [-0.1, -0.05) is 48.8 Å². The predicted octanol–water partition coefficient (Wildman–Crippen LogP) is 4.93. The van der Waals surface area contributed by atoms with Crippen molar-refractivity contribution in [2.24, 2.45) is 0 Å². The Morgan fingerprint density at radius 2 is 1.83 bits per heavy atom. The topological polar surface area (TPSA) is 68.0 Å². The maximum atomic E-state index is 12.4. The molecule has 0 aliphatic heterocycles. The number of anilines is 1. The van der Waals surface area contributed by atoms with Crippen LogP contribution in [0, 0.1) is 11.8 Å². The van der Waals surface area contributed by atoms with Crippen molar-refractivity contribution in [3.8, 4) is 11.8 Å². The first kappa shape index (κ1) is 19.3. The van der Waals surface area contributed by atoms with Crippen LogP contribution in [0.3, 0.4) is 0 Å². The van der Waals surface area contributed by atoms with Crippen LogP contribution in [0.15, 0.2) is 48.7 Å². The molecule has 1 saturated carbocycles. The zero-order valence-corrected chi connectivity index (χ0v) is 16.8. The number of benzene rings is 2. The summed E-state index contributed by atoms with van der Waals surface area (Å²) in [5, 5.41) is 5.57. The van der Waals surface area contributed by atoms with Gasteiger partial charge in [0, 0.05) is 39.2 Å². The molecule has 0 unspecified atom stereocenters. The molecule has 5 heteroatoms. The molecule has 0 saturated heterocycles. The number of amides is 1. The molecule has 146 valence electrons. The first-order valence-electron chi connectivity index (χ1n) is 9.87. The van der Waals surface area contributed by atoms with Gasteiger partial charge in [0.2, 0.25) is 0 Å². The molecule has 0 atom stereocenters. The molecular weight excluding hydrogens is 382 g/mol. The number of fused-ring (bicyclic) bond motifs is 1. The van der Waals surface area contributed by atoms with E-state index in [4.69, 9.17) is 17.3 Å². The predicted molar refractivity (Wildman–Crippen MR) is 118 cm³/mol. The quantitative estimate of drug-likeness (QED) is 0.596. The van der Waals surface area contributed by atoms with Crippen molar-refractivity contribution in [3.05, 3.63) is 70.4 Å². The van der Waals surface area contributed by atoms with Crippen LogP contribution in [0.4, 0.5) is 5.82 Å². The second-order valence-electron chi connectivity index (χ2n) is 7.39. The van der Waals surface area contributed by atoms with Gasteiger partial charge < -0.3 is 11.1 Å². The fraction of sp³-hybridized carbons (Fsp3) is 0.250. The zero-order valence-electron chi connectivity index (χ0n) is 16.0. The lowest BCUT2D eigenvalue weighted by Gasteiger charge is -2.22. The minimum absolute atomic E-state index is 0.0199. The number of hydrogen-bond donors (Lipinski definition) is 2. The Morgan fingerprint density at radius 1 is 1.07 bits per heavy atom. The molecule has 3 N–H and O–H groups in total. The fourth-order valence-corrected chi connectivity index (χ4v) is 3.86. The Labute approximate surface area is 175 Å². The summed E-state index contributed by atoms with van der Waals surface area (Å²) in [5.41, 5.74) is 8.16. The highest BCUT2D eigenvalue weighted by molar-refractivity contribution is 6.31. The largest absolute Gasteiger partial charge is 0.383 e. The molecule has 1 aliphatic rings. The SMILES string of the molecule is Nc1ncc2ccc(Cl)cc2c1C#Cc1ccc(C(=O)NC2CCCCC2)cc1. The van der Waals surface area contributed by atoms with E-state index in [1.807, 2.05) is 42.5 Å². The molecule has 4 nitrogen and oxygen atoms in total. The van der Waals surface area contributed by atoms with E-state index in [0.717, 1.165) is 29.2 Å². The van der Waals surface area contributed by atoms with Crippen LogP contribution < -0.4 is 11.1 Å². The van der Waals surface area contributed by atoms with Gasteiger partial charge in [-0.3, -0.25) is 4.79 Å². The number of nitrogen functional groups attached to an aromatic ring is 1. The zero-order chi connectivity index (χ0) is 20.2. The van der Waals surface area contributed by atoms with Gasteiger partial charge in [-0.2, -0.15) is 0 Å². The number of halogens is 1. The number of aromatic nitrogens is 1. The summed E-state index contributed by atoms with van der Waals surface area (Å²) in [6.07, 6.45) is 7.50. The maximum Gasteiger partial charge on any atom is 0.251 e. The standard InChI is InChI=1S/C24H22ClN3O/c25-19-12-11-18-15-27-23(26)21(22(18)14-19)13-8-16-6-9-17(10-7-16)24(29)28-20-4-2-1-3-5-20/h6-7,9-12,14-15,20H,1-5H2,(H2,26,27)(H,28,29). The number of nitrogens with zero attached hydrogens (tertiary/aromatic N) is 1. The number of pyridine rings is 1. The molecule has 29 heavy (non-hydrogen) atoms. The van der Waals surface area contributed by atoms with Crippen molar-refractivity contribution in [1.29, 1.82) is 0 Å². The highest BCUT2D eigenvalue weighted by atomic mass is 35.5. The minimum atomic E-state index is -0.0199. The summed E-state index contributed by atoms with van der Waals surface area (Å²) < 4.78 is 0. The lowest BCUT2D eigenvalue weighted by atomic mass is 9.95. The summed E-state index contributed by atoms with van der Waals surface area (Å²) in [6, 6.07) is 13.2. The summed E-state index contributed by atoms with van der Waals surface area (Å²) in [6.45, 7) is 0. The maximum absolute atomic E-state index is 12.4. The third kappa shape index (κ3) is 4.52. The Bertz CT molecular complexity index is 1100. The molecule has 1 aliphatic carbocycles. The molecule has 0 bridgehead atoms. The average molecular weight is 404 g/mol. The van der Waals surface area contributed by atoms with Crippen molar-refractivity contribution in [3.63, 3.8) is 0 Å². The average Bonchev–Trinajstić information content (AvgIpc) is 2.74. The lowest BCUT2D eigenvalue weighted by Crippen LogP contribution is -2.36. The van der Waals surface area contributed by atoms with E-state index in [1.54, 1.807) is 6.20 Å². The fourth-order valence-electron chi connectivity index (χ4n) is 3.69. The normalized spacial score (nSPS) is 14.2. The van der Waals surface area contributed by atoms with Crippen molar-refractivity contribution >= 4 is 34.1 Å². The first-order chi connectivity index (χ1) is 14.1. The molecule has 1 fully saturated rings. The first-order valence-corrected chi connectivity index (χ1v) is 10.2. The van der Waals surface area contributed by atoms with E-state index < -0.39 is 0 Å². The Morgan fingerprint density at radius 3 is 2.59 bits per heavy atom. The van der Waals surface area contributed by atoms with Crippen LogP contribution in [0.2, 0.25) is 5.02 Å². The van der Waals surface area contributed by atoms with Gasteiger partial charge in [0.15, 0.2) is 0 Å². The van der Waals surface area contributed by atoms with Gasteiger partial charge in [0.25, 0.3) is 5.91 Å². The van der Waals surface area contributed by atoms with E-state index in [9.17, 15) is 4.79 Å². The molecule has 0 spiro atoms. The Kier molecular flexibility index (Phi) is 5.69. The molecule has 4 rings (SSSR count). The van der Waals surface area contributed by atoms with E-state index in [0.29, 0.717) is 28.0 Å². The third-order valence-corrected chi connectivity index (χ3v) is 5.54. The number of rotatable bonds is 2. The smallest absolute Gasteiger partial charge is 0.251 e. The van der Waals surface area contributed by atoms with E-state index in [2.05, 4.69) is 22.1 Å². The Balaban J connectivity index is 1.54. The van der Waals surface area contributed by atoms with Crippen LogP contribution in [-0.4, -0.2) is 16.9 Å². The number of hydrogen-bond acceptors (Lipinski definition) is 3. The van der Waals surface area contributed by atoms with Gasteiger partial charge in [-0.25, -0.2) is 4.98 Å². The molecule has 1 aromatic heterocycles. The molecular formula is C24H22ClN3O. The number of nitrogens with two attached hydrogens (primary N) is 1. The van der Waals surface area contributed by atoms with Crippen molar-refractivity contribution in [2.75, 3.05) is 5.73 Å². The molecule has 1 heterocycles. The van der Waals surface area contributed by atoms with Crippen LogP contribution in [0.25, 0.3) is 10.8 Å². The monoisotopic (exact) mass is 403 g/mol. The summed E-state index contributed by atoms with van der Waals surface area (Å²) in [7, 11) is 0. The summed E-state index contributed by atoms with van der Waals surface area (Å²) in [4.78, 5) is 16.7. The molecule has 3 aromatic rings. The minimum Gasteiger partial charge on any atom is -0.383 e. The number of carbonyl (C=O) groups is 1. The Hall–Kier alpha value is -3.03.